The zero-order chi connectivity index (χ0) is 15.1. The molecule has 0 fully saturated rings. The van der Waals surface area contributed by atoms with Crippen LogP contribution in [0.4, 0.5) is 4.39 Å². The van der Waals surface area contributed by atoms with Gasteiger partial charge in [0.2, 0.25) is 11.8 Å². The fraction of sp³-hybridized carbons (Fsp3) is 0.357. The Morgan fingerprint density at radius 1 is 1.38 bits per heavy atom. The highest BCUT2D eigenvalue weighted by Crippen LogP contribution is 2.08. The molecule has 1 amide bonds. The number of halogens is 1. The van der Waals surface area contributed by atoms with E-state index in [1.54, 1.807) is 19.1 Å². The highest BCUT2D eigenvalue weighted by Gasteiger charge is 2.05. The molecule has 0 saturated heterocycles. The number of hydrogen-bond acceptors (Lipinski definition) is 5. The second-order valence-electron chi connectivity index (χ2n) is 4.45. The lowest BCUT2D eigenvalue weighted by Crippen LogP contribution is -2.27. The van der Waals surface area contributed by atoms with E-state index in [4.69, 9.17) is 4.52 Å². The van der Waals surface area contributed by atoms with Crippen LogP contribution in [0.15, 0.2) is 28.8 Å². The maximum atomic E-state index is 12.7. The average Bonchev–Trinajstić information content (AvgIpc) is 2.87. The predicted octanol–water partition coefficient (Wildman–Crippen LogP) is 2.11. The molecule has 0 aliphatic heterocycles. The number of nitrogens with zero attached hydrogens (tertiary/aromatic N) is 2. The highest BCUT2D eigenvalue weighted by molar-refractivity contribution is 7.99. The molecule has 2 aromatic rings. The van der Waals surface area contributed by atoms with Crippen LogP contribution in [0, 0.1) is 12.7 Å². The summed E-state index contributed by atoms with van der Waals surface area (Å²) in [6.45, 7) is 2.26. The molecule has 0 aliphatic rings. The number of carbonyl (C=O) groups is 1. The molecular formula is C14H16FN3O2S. The Hall–Kier alpha value is -1.89. The van der Waals surface area contributed by atoms with E-state index in [0.29, 0.717) is 36.2 Å². The van der Waals surface area contributed by atoms with E-state index in [2.05, 4.69) is 15.5 Å². The molecule has 0 aliphatic carbocycles. The van der Waals surface area contributed by atoms with Crippen molar-refractivity contribution in [2.45, 2.75) is 19.1 Å². The Morgan fingerprint density at radius 2 is 2.14 bits per heavy atom. The Balaban J connectivity index is 1.60. The van der Waals surface area contributed by atoms with Crippen LogP contribution in [0.5, 0.6) is 0 Å². The van der Waals surface area contributed by atoms with Crippen LogP contribution in [0.3, 0.4) is 0 Å². The summed E-state index contributed by atoms with van der Waals surface area (Å²) in [5.74, 6) is 1.71. The van der Waals surface area contributed by atoms with Gasteiger partial charge in [0.25, 0.3) is 0 Å². The van der Waals surface area contributed by atoms with Crippen molar-refractivity contribution in [3.63, 3.8) is 0 Å². The second kappa shape index (κ2) is 7.78. The summed E-state index contributed by atoms with van der Waals surface area (Å²) < 4.78 is 17.6. The molecule has 0 spiro atoms. The molecule has 0 atom stereocenters. The first-order valence-electron chi connectivity index (χ1n) is 6.51. The SMILES string of the molecule is Cc1nc(CSCC(=O)NCCc2ccc(F)cc2)no1. The van der Waals surface area contributed by atoms with Gasteiger partial charge in [-0.1, -0.05) is 17.3 Å². The molecule has 7 heteroatoms. The number of rotatable bonds is 7. The Kier molecular flexibility index (Phi) is 5.74. The molecule has 1 heterocycles. The first kappa shape index (κ1) is 15.5. The van der Waals surface area contributed by atoms with Crippen LogP contribution in [-0.4, -0.2) is 28.3 Å². The summed E-state index contributed by atoms with van der Waals surface area (Å²) in [6, 6.07) is 6.27. The van der Waals surface area contributed by atoms with Crippen molar-refractivity contribution in [2.75, 3.05) is 12.3 Å². The van der Waals surface area contributed by atoms with E-state index in [9.17, 15) is 9.18 Å². The molecule has 0 unspecified atom stereocenters. The summed E-state index contributed by atoms with van der Waals surface area (Å²) in [4.78, 5) is 15.7. The number of amides is 1. The van der Waals surface area contributed by atoms with Crippen molar-refractivity contribution >= 4 is 17.7 Å². The molecular weight excluding hydrogens is 293 g/mol. The lowest BCUT2D eigenvalue weighted by Gasteiger charge is -2.04. The molecule has 0 saturated carbocycles. The van der Waals surface area contributed by atoms with Gasteiger partial charge in [-0.25, -0.2) is 4.39 Å². The number of hydrogen-bond donors (Lipinski definition) is 1. The summed E-state index contributed by atoms with van der Waals surface area (Å²) in [5.41, 5.74) is 0.992. The lowest BCUT2D eigenvalue weighted by atomic mass is 10.1. The van der Waals surface area contributed by atoms with Crippen LogP contribution < -0.4 is 5.32 Å². The fourth-order valence-corrected chi connectivity index (χ4v) is 2.37. The Bertz CT molecular complexity index is 586. The minimum Gasteiger partial charge on any atom is -0.355 e. The third kappa shape index (κ3) is 5.55. The standard InChI is InChI=1S/C14H16FN3O2S/c1-10-17-13(18-20-10)8-21-9-14(19)16-7-6-11-2-4-12(15)5-3-11/h2-5H,6-9H2,1H3,(H,16,19). The molecule has 0 radical (unpaired) electrons. The van der Waals surface area contributed by atoms with E-state index in [1.807, 2.05) is 0 Å². The maximum absolute atomic E-state index is 12.7. The smallest absolute Gasteiger partial charge is 0.230 e. The number of benzene rings is 1. The summed E-state index contributed by atoms with van der Waals surface area (Å²) in [6.07, 6.45) is 0.681. The summed E-state index contributed by atoms with van der Waals surface area (Å²) >= 11 is 1.43. The molecule has 5 nitrogen and oxygen atoms in total. The molecule has 2 rings (SSSR count). The lowest BCUT2D eigenvalue weighted by molar-refractivity contribution is -0.118. The fourth-order valence-electron chi connectivity index (χ4n) is 1.68. The summed E-state index contributed by atoms with van der Waals surface area (Å²) in [7, 11) is 0. The first-order chi connectivity index (χ1) is 10.1. The number of aryl methyl sites for hydroxylation is 1. The van der Waals surface area contributed by atoms with Crippen LogP contribution in [0.2, 0.25) is 0 Å². The molecule has 21 heavy (non-hydrogen) atoms. The van der Waals surface area contributed by atoms with Crippen LogP contribution in [-0.2, 0) is 17.0 Å². The topological polar surface area (TPSA) is 68.0 Å². The molecule has 1 aromatic heterocycles. The van der Waals surface area contributed by atoms with E-state index in [-0.39, 0.29) is 11.7 Å². The van der Waals surface area contributed by atoms with Crippen molar-refractivity contribution in [1.29, 1.82) is 0 Å². The van der Waals surface area contributed by atoms with Crippen LogP contribution >= 0.6 is 11.8 Å². The van der Waals surface area contributed by atoms with Gasteiger partial charge in [0.05, 0.1) is 11.5 Å². The second-order valence-corrected chi connectivity index (χ2v) is 5.43. The van der Waals surface area contributed by atoms with Gasteiger partial charge in [-0.3, -0.25) is 4.79 Å². The van der Waals surface area contributed by atoms with Gasteiger partial charge >= 0.3 is 0 Å². The van der Waals surface area contributed by atoms with Gasteiger partial charge in [-0.05, 0) is 24.1 Å². The van der Waals surface area contributed by atoms with E-state index < -0.39 is 0 Å². The minimum absolute atomic E-state index is 0.0395. The van der Waals surface area contributed by atoms with Gasteiger partial charge in [0, 0.05) is 13.5 Å². The minimum atomic E-state index is -0.254. The van der Waals surface area contributed by atoms with Crippen molar-refractivity contribution in [2.24, 2.45) is 0 Å². The Morgan fingerprint density at radius 3 is 2.81 bits per heavy atom. The first-order valence-corrected chi connectivity index (χ1v) is 7.67. The van der Waals surface area contributed by atoms with Crippen LogP contribution in [0.25, 0.3) is 0 Å². The van der Waals surface area contributed by atoms with Gasteiger partial charge < -0.3 is 9.84 Å². The Labute approximate surface area is 126 Å². The van der Waals surface area contributed by atoms with Crippen molar-refractivity contribution in [1.82, 2.24) is 15.5 Å². The van der Waals surface area contributed by atoms with Crippen molar-refractivity contribution < 1.29 is 13.7 Å². The van der Waals surface area contributed by atoms with Crippen LogP contribution in [0.1, 0.15) is 17.3 Å². The molecule has 112 valence electrons. The van der Waals surface area contributed by atoms with Crippen molar-refractivity contribution in [3.05, 3.63) is 47.4 Å². The number of nitrogens with one attached hydrogen (secondary N) is 1. The zero-order valence-corrected chi connectivity index (χ0v) is 12.5. The number of carbonyl (C=O) groups excluding carboxylic acids is 1. The van der Waals surface area contributed by atoms with Gasteiger partial charge in [0.15, 0.2) is 5.82 Å². The van der Waals surface area contributed by atoms with E-state index >= 15 is 0 Å². The maximum Gasteiger partial charge on any atom is 0.230 e. The number of thioether (sulfide) groups is 1. The van der Waals surface area contributed by atoms with Gasteiger partial charge in [-0.15, -0.1) is 11.8 Å². The third-order valence-electron chi connectivity index (χ3n) is 2.68. The monoisotopic (exact) mass is 309 g/mol. The predicted molar refractivity (Wildman–Crippen MR) is 78.3 cm³/mol. The highest BCUT2D eigenvalue weighted by atomic mass is 32.2. The number of aromatic nitrogens is 2. The quantitative estimate of drug-likeness (QED) is 0.848. The third-order valence-corrected chi connectivity index (χ3v) is 3.61. The van der Waals surface area contributed by atoms with E-state index in [0.717, 1.165) is 5.56 Å². The van der Waals surface area contributed by atoms with Gasteiger partial charge in [-0.2, -0.15) is 4.98 Å². The normalized spacial score (nSPS) is 10.6. The largest absolute Gasteiger partial charge is 0.355 e. The summed E-state index contributed by atoms with van der Waals surface area (Å²) in [5, 5.41) is 6.57. The van der Waals surface area contributed by atoms with Gasteiger partial charge in [0.1, 0.15) is 5.82 Å². The molecule has 0 bridgehead atoms. The van der Waals surface area contributed by atoms with E-state index in [1.165, 1.54) is 23.9 Å². The zero-order valence-electron chi connectivity index (χ0n) is 11.6. The average molecular weight is 309 g/mol. The molecule has 1 aromatic carbocycles. The molecule has 1 N–H and O–H groups in total. The van der Waals surface area contributed by atoms with Crippen molar-refractivity contribution in [3.8, 4) is 0 Å².